The molecule has 0 saturated heterocycles. The average molecular weight is 449 g/mol. The molecule has 1 atom stereocenters. The molecule has 5 rings (SSSR count). The Labute approximate surface area is 192 Å². The number of alkyl carbamates (subject to hydrolysis) is 1. The maximum Gasteiger partial charge on any atom is 0.407 e. The fraction of sp³-hybridized carbons (Fsp3) is 0.423. The summed E-state index contributed by atoms with van der Waals surface area (Å²) in [6.45, 7) is 0.272. The summed E-state index contributed by atoms with van der Waals surface area (Å²) in [7, 11) is 0. The summed E-state index contributed by atoms with van der Waals surface area (Å²) in [6.07, 6.45) is 3.11. The van der Waals surface area contributed by atoms with E-state index >= 15 is 0 Å². The Morgan fingerprint density at radius 2 is 1.61 bits per heavy atom. The number of hydrogen-bond acceptors (Lipinski definition) is 4. The van der Waals surface area contributed by atoms with Crippen LogP contribution in [0.2, 0.25) is 0 Å². The maximum atomic E-state index is 12.8. The molecule has 3 aliphatic carbocycles. The number of aliphatic carboxylic acids is 1. The quantitative estimate of drug-likeness (QED) is 0.543. The second-order valence-corrected chi connectivity index (χ2v) is 9.50. The van der Waals surface area contributed by atoms with Gasteiger partial charge in [0.2, 0.25) is 5.91 Å². The maximum absolute atomic E-state index is 12.8. The highest BCUT2D eigenvalue weighted by atomic mass is 16.5. The molecule has 0 aliphatic heterocycles. The molecule has 0 unspecified atom stereocenters. The van der Waals surface area contributed by atoms with E-state index in [0.717, 1.165) is 35.1 Å². The first kappa shape index (κ1) is 21.5. The van der Waals surface area contributed by atoms with Crippen LogP contribution in [0, 0.1) is 11.3 Å². The lowest BCUT2D eigenvalue weighted by Crippen LogP contribution is -2.49. The highest BCUT2D eigenvalue weighted by Gasteiger charge is 2.50. The number of benzene rings is 2. The molecular weight excluding hydrogens is 420 g/mol. The van der Waals surface area contributed by atoms with E-state index in [1.807, 2.05) is 24.3 Å². The number of nitrogens with one attached hydrogen (secondary N) is 2. The fourth-order valence-electron chi connectivity index (χ4n) is 4.70. The highest BCUT2D eigenvalue weighted by molar-refractivity contribution is 5.87. The molecule has 0 radical (unpaired) electrons. The largest absolute Gasteiger partial charge is 0.481 e. The van der Waals surface area contributed by atoms with Gasteiger partial charge in [-0.05, 0) is 47.4 Å². The molecule has 7 nitrogen and oxygen atoms in total. The number of amides is 2. The first-order valence-electron chi connectivity index (χ1n) is 11.6. The van der Waals surface area contributed by atoms with Crippen molar-refractivity contribution in [3.8, 4) is 11.1 Å². The Bertz CT molecular complexity index is 1040. The van der Waals surface area contributed by atoms with Crippen LogP contribution in [0.3, 0.4) is 0 Å². The topological polar surface area (TPSA) is 105 Å². The zero-order chi connectivity index (χ0) is 23.0. The van der Waals surface area contributed by atoms with Gasteiger partial charge in [-0.2, -0.15) is 0 Å². The van der Waals surface area contributed by atoms with Gasteiger partial charge in [-0.25, -0.2) is 4.79 Å². The predicted molar refractivity (Wildman–Crippen MR) is 122 cm³/mol. The Morgan fingerprint density at radius 3 is 2.15 bits per heavy atom. The molecule has 2 fully saturated rings. The summed E-state index contributed by atoms with van der Waals surface area (Å²) < 4.78 is 5.59. The SMILES string of the molecule is O=C(N[C@@H](CC1CC1)C(=O)NCC1(C(=O)O)CC1)OCC1c2ccccc2-c2ccccc21. The molecule has 3 N–H and O–H groups in total. The number of carboxylic acids is 1. The summed E-state index contributed by atoms with van der Waals surface area (Å²) in [6, 6.07) is 15.5. The average Bonchev–Trinajstić information content (AvgIpc) is 3.74. The molecule has 33 heavy (non-hydrogen) atoms. The summed E-state index contributed by atoms with van der Waals surface area (Å²) >= 11 is 0. The number of fused-ring (bicyclic) bond motifs is 3. The minimum atomic E-state index is -0.883. The van der Waals surface area contributed by atoms with E-state index < -0.39 is 23.5 Å². The lowest BCUT2D eigenvalue weighted by molar-refractivity contribution is -0.143. The molecule has 7 heteroatoms. The van der Waals surface area contributed by atoms with Crippen LogP contribution < -0.4 is 10.6 Å². The van der Waals surface area contributed by atoms with Crippen molar-refractivity contribution in [3.05, 3.63) is 59.7 Å². The third-order valence-electron chi connectivity index (χ3n) is 7.13. The molecule has 2 saturated carbocycles. The minimum Gasteiger partial charge on any atom is -0.481 e. The van der Waals surface area contributed by atoms with Gasteiger partial charge in [0, 0.05) is 12.5 Å². The third kappa shape index (κ3) is 4.45. The van der Waals surface area contributed by atoms with Gasteiger partial charge < -0.3 is 20.5 Å². The Balaban J connectivity index is 1.21. The summed E-state index contributed by atoms with van der Waals surface area (Å²) in [5, 5.41) is 14.8. The summed E-state index contributed by atoms with van der Waals surface area (Å²) in [5.41, 5.74) is 3.72. The third-order valence-corrected chi connectivity index (χ3v) is 7.13. The van der Waals surface area contributed by atoms with Crippen LogP contribution >= 0.6 is 0 Å². The Hall–Kier alpha value is -3.35. The van der Waals surface area contributed by atoms with Crippen LogP contribution in [0.4, 0.5) is 4.79 Å². The normalized spacial score (nSPS) is 18.5. The molecule has 2 aromatic rings. The van der Waals surface area contributed by atoms with E-state index in [0.29, 0.717) is 25.2 Å². The smallest absolute Gasteiger partial charge is 0.407 e. The van der Waals surface area contributed by atoms with Gasteiger partial charge in [0.1, 0.15) is 12.6 Å². The molecule has 0 heterocycles. The van der Waals surface area contributed by atoms with Crippen LogP contribution in [0.15, 0.2) is 48.5 Å². The number of rotatable bonds is 9. The molecule has 0 aromatic heterocycles. The molecule has 2 aromatic carbocycles. The summed E-state index contributed by atoms with van der Waals surface area (Å²) in [4.78, 5) is 36.8. The number of carbonyl (C=O) groups is 3. The van der Waals surface area contributed by atoms with E-state index in [9.17, 15) is 19.5 Å². The van der Waals surface area contributed by atoms with Gasteiger partial charge in [0.15, 0.2) is 0 Å². The number of ether oxygens (including phenoxy) is 1. The zero-order valence-corrected chi connectivity index (χ0v) is 18.4. The van der Waals surface area contributed by atoms with Crippen molar-refractivity contribution in [3.63, 3.8) is 0 Å². The second kappa shape index (κ2) is 8.54. The summed E-state index contributed by atoms with van der Waals surface area (Å²) in [5.74, 6) is -0.873. The van der Waals surface area contributed by atoms with Gasteiger partial charge in [-0.15, -0.1) is 0 Å². The molecule has 0 bridgehead atoms. The standard InChI is InChI=1S/C26H28N2O5/c29-23(27-15-26(11-12-26)24(30)31)22(13-16-9-10-16)28-25(32)33-14-21-19-7-3-1-5-17(19)18-6-2-4-8-20(18)21/h1-8,16,21-22H,9-15H2,(H,27,29)(H,28,32)(H,30,31)/t22-/m0/s1. The van der Waals surface area contributed by atoms with Crippen molar-refractivity contribution in [2.75, 3.05) is 13.2 Å². The van der Waals surface area contributed by atoms with E-state index in [1.54, 1.807) is 0 Å². The molecule has 172 valence electrons. The zero-order valence-electron chi connectivity index (χ0n) is 18.4. The van der Waals surface area contributed by atoms with Crippen LogP contribution in [-0.2, 0) is 14.3 Å². The van der Waals surface area contributed by atoms with Crippen molar-refractivity contribution in [2.45, 2.75) is 44.1 Å². The van der Waals surface area contributed by atoms with E-state index in [-0.39, 0.29) is 25.0 Å². The Kier molecular flexibility index (Phi) is 5.56. The predicted octanol–water partition coefficient (Wildman–Crippen LogP) is 3.67. The van der Waals surface area contributed by atoms with Crippen LogP contribution in [0.1, 0.15) is 49.1 Å². The van der Waals surface area contributed by atoms with Crippen LogP contribution in [-0.4, -0.2) is 42.3 Å². The van der Waals surface area contributed by atoms with E-state index in [2.05, 4.69) is 34.9 Å². The van der Waals surface area contributed by atoms with E-state index in [1.165, 1.54) is 0 Å². The van der Waals surface area contributed by atoms with Gasteiger partial charge in [-0.3, -0.25) is 9.59 Å². The number of carbonyl (C=O) groups excluding carboxylic acids is 2. The second-order valence-electron chi connectivity index (χ2n) is 9.50. The first-order valence-corrected chi connectivity index (χ1v) is 11.6. The fourth-order valence-corrected chi connectivity index (χ4v) is 4.70. The number of hydrogen-bond donors (Lipinski definition) is 3. The Morgan fingerprint density at radius 1 is 1.00 bits per heavy atom. The lowest BCUT2D eigenvalue weighted by atomic mass is 9.98. The molecule has 2 amide bonds. The molecule has 3 aliphatic rings. The number of carboxylic acid groups (broad SMARTS) is 1. The molecule has 0 spiro atoms. The monoisotopic (exact) mass is 448 g/mol. The lowest BCUT2D eigenvalue weighted by Gasteiger charge is -2.20. The van der Waals surface area contributed by atoms with Gasteiger partial charge in [0.05, 0.1) is 5.41 Å². The van der Waals surface area contributed by atoms with Crippen molar-refractivity contribution >= 4 is 18.0 Å². The van der Waals surface area contributed by atoms with Gasteiger partial charge in [-0.1, -0.05) is 61.4 Å². The van der Waals surface area contributed by atoms with Crippen LogP contribution in [0.5, 0.6) is 0 Å². The van der Waals surface area contributed by atoms with Gasteiger partial charge >= 0.3 is 12.1 Å². The van der Waals surface area contributed by atoms with Crippen molar-refractivity contribution in [1.29, 1.82) is 0 Å². The molecular formula is C26H28N2O5. The van der Waals surface area contributed by atoms with Crippen molar-refractivity contribution in [2.24, 2.45) is 11.3 Å². The highest BCUT2D eigenvalue weighted by Crippen LogP contribution is 2.45. The van der Waals surface area contributed by atoms with Crippen LogP contribution in [0.25, 0.3) is 11.1 Å². The van der Waals surface area contributed by atoms with Crippen molar-refractivity contribution in [1.82, 2.24) is 10.6 Å². The first-order chi connectivity index (χ1) is 16.0. The minimum absolute atomic E-state index is 0.0517. The van der Waals surface area contributed by atoms with Crippen molar-refractivity contribution < 1.29 is 24.2 Å². The van der Waals surface area contributed by atoms with E-state index in [4.69, 9.17) is 4.74 Å². The van der Waals surface area contributed by atoms with Gasteiger partial charge in [0.25, 0.3) is 0 Å².